The lowest BCUT2D eigenvalue weighted by Gasteiger charge is -2.20. The quantitative estimate of drug-likeness (QED) is 0.664. The molecule has 0 aromatic heterocycles. The fraction of sp³-hybridized carbons (Fsp3) is 0.440. The Hall–Kier alpha value is -2.71. The lowest BCUT2D eigenvalue weighted by molar-refractivity contribution is 0.0938. The van der Waals surface area contributed by atoms with E-state index < -0.39 is 15.9 Å². The number of anilines is 1. The van der Waals surface area contributed by atoms with E-state index in [4.69, 9.17) is 0 Å². The van der Waals surface area contributed by atoms with E-state index in [-0.39, 0.29) is 16.8 Å². The van der Waals surface area contributed by atoms with Crippen molar-refractivity contribution in [1.29, 1.82) is 0 Å². The summed E-state index contributed by atoms with van der Waals surface area (Å²) < 4.78 is 27.4. The van der Waals surface area contributed by atoms with E-state index in [9.17, 15) is 18.0 Å². The molecule has 0 bridgehead atoms. The monoisotopic (exact) mass is 469 g/mol. The maximum absolute atomic E-state index is 13.0. The number of benzene rings is 2. The second-order valence-corrected chi connectivity index (χ2v) is 10.7. The summed E-state index contributed by atoms with van der Waals surface area (Å²) in [5.41, 5.74) is 1.17. The second-order valence-electron chi connectivity index (χ2n) is 8.80. The van der Waals surface area contributed by atoms with E-state index in [1.807, 2.05) is 0 Å². The van der Waals surface area contributed by atoms with Gasteiger partial charge in [-0.25, -0.2) is 8.42 Å². The van der Waals surface area contributed by atoms with Crippen molar-refractivity contribution < 1.29 is 18.0 Å². The maximum Gasteiger partial charge on any atom is 0.255 e. The highest BCUT2D eigenvalue weighted by atomic mass is 32.2. The van der Waals surface area contributed by atoms with Gasteiger partial charge in [-0.3, -0.25) is 9.59 Å². The van der Waals surface area contributed by atoms with Crippen LogP contribution in [0.1, 0.15) is 72.1 Å². The van der Waals surface area contributed by atoms with Crippen molar-refractivity contribution >= 4 is 27.5 Å². The van der Waals surface area contributed by atoms with Gasteiger partial charge in [0.25, 0.3) is 11.8 Å². The van der Waals surface area contributed by atoms with E-state index >= 15 is 0 Å². The molecule has 1 heterocycles. The number of hydrogen-bond donors (Lipinski definition) is 2. The minimum atomic E-state index is -3.57. The summed E-state index contributed by atoms with van der Waals surface area (Å²) in [5.74, 6) is -0.591. The van der Waals surface area contributed by atoms with Crippen LogP contribution in [0.4, 0.5) is 5.69 Å². The van der Waals surface area contributed by atoms with Gasteiger partial charge in [-0.2, -0.15) is 4.31 Å². The van der Waals surface area contributed by atoms with Crippen molar-refractivity contribution in [1.82, 2.24) is 9.62 Å². The first-order valence-corrected chi connectivity index (χ1v) is 13.2. The van der Waals surface area contributed by atoms with Gasteiger partial charge in [0, 0.05) is 24.7 Å². The molecule has 0 atom stereocenters. The summed E-state index contributed by atoms with van der Waals surface area (Å²) in [4.78, 5) is 25.8. The molecule has 2 N–H and O–H groups in total. The lowest BCUT2D eigenvalue weighted by atomic mass is 10.1. The van der Waals surface area contributed by atoms with Gasteiger partial charge in [-0.1, -0.05) is 37.8 Å². The zero-order valence-corrected chi connectivity index (χ0v) is 19.6. The number of carbonyl (C=O) groups is 2. The minimum absolute atomic E-state index is 0.181. The third-order valence-corrected chi connectivity index (χ3v) is 8.34. The molecular formula is C25H31N3O4S. The Morgan fingerprint density at radius 1 is 0.788 bits per heavy atom. The summed E-state index contributed by atoms with van der Waals surface area (Å²) in [6.45, 7) is 1.06. The van der Waals surface area contributed by atoms with Gasteiger partial charge < -0.3 is 10.6 Å². The Morgan fingerprint density at radius 3 is 2.09 bits per heavy atom. The maximum atomic E-state index is 13.0. The third kappa shape index (κ3) is 5.62. The highest BCUT2D eigenvalue weighted by Crippen LogP contribution is 2.23. The number of sulfonamides is 1. The molecule has 1 aliphatic carbocycles. The number of nitrogens with zero attached hydrogens (tertiary/aromatic N) is 1. The molecule has 1 aliphatic heterocycles. The second kappa shape index (κ2) is 10.5. The molecule has 2 aliphatic rings. The van der Waals surface area contributed by atoms with Crippen molar-refractivity contribution in [3.05, 3.63) is 59.7 Å². The first kappa shape index (κ1) is 23.4. The number of amides is 2. The van der Waals surface area contributed by atoms with Crippen molar-refractivity contribution in [3.8, 4) is 0 Å². The molecule has 176 valence electrons. The van der Waals surface area contributed by atoms with Crippen LogP contribution in [0.3, 0.4) is 0 Å². The van der Waals surface area contributed by atoms with Crippen LogP contribution in [0.15, 0.2) is 53.4 Å². The van der Waals surface area contributed by atoms with Crippen LogP contribution in [-0.4, -0.2) is 43.7 Å². The molecule has 0 spiro atoms. The molecule has 1 saturated heterocycles. The smallest absolute Gasteiger partial charge is 0.255 e. The number of para-hydroxylation sites is 1. The third-order valence-electron chi connectivity index (χ3n) is 6.43. The fourth-order valence-corrected chi connectivity index (χ4v) is 6.04. The first-order chi connectivity index (χ1) is 15.9. The van der Waals surface area contributed by atoms with Crippen LogP contribution >= 0.6 is 0 Å². The van der Waals surface area contributed by atoms with Gasteiger partial charge in [0.15, 0.2) is 0 Å². The predicted molar refractivity (Wildman–Crippen MR) is 128 cm³/mol. The van der Waals surface area contributed by atoms with Gasteiger partial charge in [-0.05, 0) is 62.1 Å². The van der Waals surface area contributed by atoms with Gasteiger partial charge in [0.05, 0.1) is 16.1 Å². The molecule has 0 radical (unpaired) electrons. The summed E-state index contributed by atoms with van der Waals surface area (Å²) in [6.07, 6.45) is 8.02. The molecule has 33 heavy (non-hydrogen) atoms. The number of rotatable bonds is 6. The molecule has 8 heteroatoms. The van der Waals surface area contributed by atoms with Gasteiger partial charge in [0.1, 0.15) is 0 Å². The fourth-order valence-electron chi connectivity index (χ4n) is 4.53. The van der Waals surface area contributed by atoms with Crippen LogP contribution in [0.5, 0.6) is 0 Å². The Bertz CT molecular complexity index is 1080. The van der Waals surface area contributed by atoms with Crippen LogP contribution in [-0.2, 0) is 10.0 Å². The zero-order valence-electron chi connectivity index (χ0n) is 18.8. The van der Waals surface area contributed by atoms with Crippen molar-refractivity contribution in [3.63, 3.8) is 0 Å². The summed E-state index contributed by atoms with van der Waals surface area (Å²) in [5, 5.41) is 5.85. The summed E-state index contributed by atoms with van der Waals surface area (Å²) >= 11 is 0. The SMILES string of the molecule is O=C(Nc1ccccc1C(=O)NC1CCCC1)c1ccc(S(=O)(=O)N2CCCCCC2)cc1. The molecular weight excluding hydrogens is 438 g/mol. The average Bonchev–Trinajstić information content (AvgIpc) is 3.17. The molecule has 4 rings (SSSR count). The standard InChI is InChI=1S/C25H31N3O4S/c29-24(27-23-12-6-5-11-22(23)25(30)26-20-9-3-4-10-20)19-13-15-21(16-14-19)33(31,32)28-17-7-1-2-8-18-28/h5-6,11-16,20H,1-4,7-10,17-18H2,(H,26,30)(H,27,29). The van der Waals surface area contributed by atoms with Crippen LogP contribution < -0.4 is 10.6 Å². The van der Waals surface area contributed by atoms with Crippen molar-refractivity contribution in [2.75, 3.05) is 18.4 Å². The van der Waals surface area contributed by atoms with E-state index in [1.54, 1.807) is 24.3 Å². The average molecular weight is 470 g/mol. The van der Waals surface area contributed by atoms with E-state index in [0.29, 0.717) is 29.9 Å². The molecule has 7 nitrogen and oxygen atoms in total. The van der Waals surface area contributed by atoms with Crippen LogP contribution in [0, 0.1) is 0 Å². The Kier molecular flexibility index (Phi) is 7.45. The van der Waals surface area contributed by atoms with Crippen molar-refractivity contribution in [2.24, 2.45) is 0 Å². The zero-order chi connectivity index (χ0) is 23.3. The van der Waals surface area contributed by atoms with Crippen LogP contribution in [0.25, 0.3) is 0 Å². The molecule has 2 amide bonds. The minimum Gasteiger partial charge on any atom is -0.349 e. The Balaban J connectivity index is 1.45. The molecule has 2 aromatic rings. The highest BCUT2D eigenvalue weighted by Gasteiger charge is 2.25. The topological polar surface area (TPSA) is 95.6 Å². The molecule has 2 fully saturated rings. The Morgan fingerprint density at radius 2 is 1.42 bits per heavy atom. The molecule has 0 unspecified atom stereocenters. The Labute approximate surface area is 195 Å². The number of hydrogen-bond acceptors (Lipinski definition) is 4. The van der Waals surface area contributed by atoms with Crippen LogP contribution in [0.2, 0.25) is 0 Å². The highest BCUT2D eigenvalue weighted by molar-refractivity contribution is 7.89. The first-order valence-electron chi connectivity index (χ1n) is 11.8. The van der Waals surface area contributed by atoms with E-state index in [0.717, 1.165) is 51.4 Å². The van der Waals surface area contributed by atoms with Gasteiger partial charge in [-0.15, -0.1) is 0 Å². The number of nitrogens with one attached hydrogen (secondary N) is 2. The van der Waals surface area contributed by atoms with Gasteiger partial charge in [0.2, 0.25) is 10.0 Å². The largest absolute Gasteiger partial charge is 0.349 e. The van der Waals surface area contributed by atoms with Gasteiger partial charge >= 0.3 is 0 Å². The lowest BCUT2D eigenvalue weighted by Crippen LogP contribution is -2.33. The summed E-state index contributed by atoms with van der Waals surface area (Å²) in [6, 6.07) is 13.1. The normalized spacial score (nSPS) is 17.9. The molecule has 1 saturated carbocycles. The van der Waals surface area contributed by atoms with E-state index in [1.165, 1.54) is 28.6 Å². The van der Waals surface area contributed by atoms with E-state index in [2.05, 4.69) is 10.6 Å². The molecule has 2 aromatic carbocycles. The number of carbonyl (C=O) groups excluding carboxylic acids is 2. The summed E-state index contributed by atoms with van der Waals surface area (Å²) in [7, 11) is -3.57. The predicted octanol–water partition coefficient (Wildman–Crippen LogP) is 4.18. The van der Waals surface area contributed by atoms with Crippen molar-refractivity contribution in [2.45, 2.75) is 62.3 Å².